The van der Waals surface area contributed by atoms with Crippen molar-refractivity contribution < 1.29 is 24.2 Å². The molecule has 0 amide bonds. The first-order chi connectivity index (χ1) is 11.1. The van der Waals surface area contributed by atoms with Gasteiger partial charge in [0.2, 0.25) is 0 Å². The molecule has 120 valence electrons. The van der Waals surface area contributed by atoms with E-state index >= 15 is 0 Å². The van der Waals surface area contributed by atoms with Gasteiger partial charge in [-0.3, -0.25) is 0 Å². The molecule has 1 N–H and O–H groups in total. The summed E-state index contributed by atoms with van der Waals surface area (Å²) in [5.41, 5.74) is 1.43. The van der Waals surface area contributed by atoms with Gasteiger partial charge in [-0.25, -0.2) is 9.59 Å². The van der Waals surface area contributed by atoms with E-state index in [9.17, 15) is 14.7 Å². The summed E-state index contributed by atoms with van der Waals surface area (Å²) >= 11 is 0. The highest BCUT2D eigenvalue weighted by atomic mass is 16.5. The summed E-state index contributed by atoms with van der Waals surface area (Å²) in [4.78, 5) is 24.2. The van der Waals surface area contributed by atoms with Crippen LogP contribution in [0.5, 0.6) is 5.75 Å². The van der Waals surface area contributed by atoms with E-state index in [4.69, 9.17) is 9.47 Å². The van der Waals surface area contributed by atoms with Crippen molar-refractivity contribution in [3.8, 4) is 16.9 Å². The number of phenolic OH excluding ortho intramolecular Hbond substituents is 1. The van der Waals surface area contributed by atoms with Crippen molar-refractivity contribution in [2.45, 2.75) is 13.8 Å². The molecule has 0 radical (unpaired) electrons. The van der Waals surface area contributed by atoms with E-state index in [-0.39, 0.29) is 30.1 Å². The Labute approximate surface area is 134 Å². The van der Waals surface area contributed by atoms with Crippen LogP contribution in [-0.4, -0.2) is 30.3 Å². The molecule has 5 heteroatoms. The van der Waals surface area contributed by atoms with Crippen LogP contribution < -0.4 is 0 Å². The van der Waals surface area contributed by atoms with Crippen molar-refractivity contribution in [2.75, 3.05) is 13.2 Å². The molecule has 0 bridgehead atoms. The quantitative estimate of drug-likeness (QED) is 0.856. The zero-order chi connectivity index (χ0) is 16.8. The van der Waals surface area contributed by atoms with Gasteiger partial charge in [-0.2, -0.15) is 0 Å². The molecule has 23 heavy (non-hydrogen) atoms. The summed E-state index contributed by atoms with van der Waals surface area (Å²) in [6.07, 6.45) is 0. The number of benzene rings is 2. The van der Waals surface area contributed by atoms with E-state index in [0.717, 1.165) is 0 Å². The predicted octanol–water partition coefficient (Wildman–Crippen LogP) is 3.41. The third-order valence-electron chi connectivity index (χ3n) is 3.23. The highest BCUT2D eigenvalue weighted by Crippen LogP contribution is 2.30. The lowest BCUT2D eigenvalue weighted by Gasteiger charge is -2.11. The van der Waals surface area contributed by atoms with Crippen LogP contribution in [0.3, 0.4) is 0 Å². The van der Waals surface area contributed by atoms with Gasteiger partial charge in [-0.15, -0.1) is 0 Å². The average molecular weight is 314 g/mol. The molecule has 0 fully saturated rings. The standard InChI is InChI=1S/C18H18O5/c1-3-22-17(20)14-10-9-12(11-15(14)18(21)23-4-2)13-7-5-6-8-16(13)19/h5-11,19H,3-4H2,1-2H3. The number of rotatable bonds is 5. The minimum Gasteiger partial charge on any atom is -0.507 e. The number of esters is 2. The second kappa shape index (κ2) is 7.45. The van der Waals surface area contributed by atoms with Crippen LogP contribution in [0.1, 0.15) is 34.6 Å². The van der Waals surface area contributed by atoms with Crippen molar-refractivity contribution in [3.05, 3.63) is 53.6 Å². The normalized spacial score (nSPS) is 10.2. The zero-order valence-corrected chi connectivity index (χ0v) is 13.0. The van der Waals surface area contributed by atoms with Gasteiger partial charge >= 0.3 is 11.9 Å². The molecule has 0 unspecified atom stereocenters. The van der Waals surface area contributed by atoms with Crippen LogP contribution in [0.2, 0.25) is 0 Å². The Morgan fingerprint density at radius 1 is 0.913 bits per heavy atom. The van der Waals surface area contributed by atoms with Gasteiger partial charge in [0.15, 0.2) is 0 Å². The molecule has 0 aromatic heterocycles. The summed E-state index contributed by atoms with van der Waals surface area (Å²) in [6, 6.07) is 11.5. The lowest BCUT2D eigenvalue weighted by atomic mass is 9.98. The van der Waals surface area contributed by atoms with E-state index in [2.05, 4.69) is 0 Å². The van der Waals surface area contributed by atoms with Crippen LogP contribution in [0.4, 0.5) is 0 Å². The Bertz CT molecular complexity index is 721. The predicted molar refractivity (Wildman–Crippen MR) is 85.5 cm³/mol. The van der Waals surface area contributed by atoms with Crippen LogP contribution in [0, 0.1) is 0 Å². The fourth-order valence-electron chi connectivity index (χ4n) is 2.19. The highest BCUT2D eigenvalue weighted by molar-refractivity contribution is 6.04. The summed E-state index contributed by atoms with van der Waals surface area (Å²) in [5, 5.41) is 9.95. The second-order valence-corrected chi connectivity index (χ2v) is 4.72. The maximum absolute atomic E-state index is 12.2. The Kier molecular flexibility index (Phi) is 5.36. The van der Waals surface area contributed by atoms with Crippen molar-refractivity contribution >= 4 is 11.9 Å². The number of hydrogen-bond donors (Lipinski definition) is 1. The summed E-state index contributed by atoms with van der Waals surface area (Å²) in [5.74, 6) is -1.10. The molecule has 2 aromatic carbocycles. The molecule has 0 saturated heterocycles. The second-order valence-electron chi connectivity index (χ2n) is 4.72. The number of phenols is 1. The summed E-state index contributed by atoms with van der Waals surface area (Å²) in [6.45, 7) is 3.79. The first-order valence-electron chi connectivity index (χ1n) is 7.35. The number of carbonyl (C=O) groups excluding carboxylic acids is 2. The van der Waals surface area contributed by atoms with Crippen LogP contribution in [0.15, 0.2) is 42.5 Å². The lowest BCUT2D eigenvalue weighted by molar-refractivity contribution is 0.0479. The van der Waals surface area contributed by atoms with Gasteiger partial charge in [-0.1, -0.05) is 24.3 Å². The molecular weight excluding hydrogens is 296 g/mol. The van der Waals surface area contributed by atoms with Gasteiger partial charge in [-0.05, 0) is 37.6 Å². The molecule has 2 rings (SSSR count). The molecule has 0 aliphatic carbocycles. The third-order valence-corrected chi connectivity index (χ3v) is 3.23. The zero-order valence-electron chi connectivity index (χ0n) is 13.0. The summed E-state index contributed by atoms with van der Waals surface area (Å²) < 4.78 is 9.98. The molecule has 0 saturated carbocycles. The highest BCUT2D eigenvalue weighted by Gasteiger charge is 2.20. The molecule has 0 heterocycles. The van der Waals surface area contributed by atoms with Crippen molar-refractivity contribution in [1.29, 1.82) is 0 Å². The Morgan fingerprint density at radius 2 is 1.52 bits per heavy atom. The fraction of sp³-hybridized carbons (Fsp3) is 0.222. The topological polar surface area (TPSA) is 72.8 Å². The van der Waals surface area contributed by atoms with Gasteiger partial charge in [0.1, 0.15) is 5.75 Å². The van der Waals surface area contributed by atoms with E-state index in [1.165, 1.54) is 12.1 Å². The Hall–Kier alpha value is -2.82. The first kappa shape index (κ1) is 16.5. The Balaban J connectivity index is 2.53. The number of ether oxygens (including phenoxy) is 2. The largest absolute Gasteiger partial charge is 0.507 e. The van der Waals surface area contributed by atoms with Crippen molar-refractivity contribution in [2.24, 2.45) is 0 Å². The molecule has 0 aliphatic rings. The molecule has 0 atom stereocenters. The minimum absolute atomic E-state index is 0.0891. The fourth-order valence-corrected chi connectivity index (χ4v) is 2.19. The third kappa shape index (κ3) is 3.69. The van der Waals surface area contributed by atoms with E-state index in [1.807, 2.05) is 0 Å². The SMILES string of the molecule is CCOC(=O)c1ccc(-c2ccccc2O)cc1C(=O)OCC. The van der Waals surface area contributed by atoms with Gasteiger partial charge in [0, 0.05) is 5.56 Å². The van der Waals surface area contributed by atoms with Gasteiger partial charge < -0.3 is 14.6 Å². The van der Waals surface area contributed by atoms with Gasteiger partial charge in [0.05, 0.1) is 24.3 Å². The van der Waals surface area contributed by atoms with E-state index in [1.54, 1.807) is 44.2 Å². The van der Waals surface area contributed by atoms with Crippen molar-refractivity contribution in [3.63, 3.8) is 0 Å². The average Bonchev–Trinajstić information content (AvgIpc) is 2.55. The van der Waals surface area contributed by atoms with E-state index < -0.39 is 11.9 Å². The number of hydrogen-bond acceptors (Lipinski definition) is 5. The number of carbonyl (C=O) groups is 2. The molecule has 0 aliphatic heterocycles. The van der Waals surface area contributed by atoms with Crippen molar-refractivity contribution in [1.82, 2.24) is 0 Å². The maximum atomic E-state index is 12.2. The number of aromatic hydroxyl groups is 1. The maximum Gasteiger partial charge on any atom is 0.339 e. The smallest absolute Gasteiger partial charge is 0.339 e. The molecule has 5 nitrogen and oxygen atoms in total. The molecule has 2 aromatic rings. The number of para-hydroxylation sites is 1. The first-order valence-corrected chi connectivity index (χ1v) is 7.35. The van der Waals surface area contributed by atoms with Crippen LogP contribution >= 0.6 is 0 Å². The summed E-state index contributed by atoms with van der Waals surface area (Å²) in [7, 11) is 0. The van der Waals surface area contributed by atoms with Gasteiger partial charge in [0.25, 0.3) is 0 Å². The minimum atomic E-state index is -0.604. The van der Waals surface area contributed by atoms with Crippen LogP contribution in [0.25, 0.3) is 11.1 Å². The molecular formula is C18H18O5. The lowest BCUT2D eigenvalue weighted by Crippen LogP contribution is -2.14. The van der Waals surface area contributed by atoms with E-state index in [0.29, 0.717) is 11.1 Å². The monoisotopic (exact) mass is 314 g/mol. The van der Waals surface area contributed by atoms with Crippen LogP contribution in [-0.2, 0) is 9.47 Å². The Morgan fingerprint density at radius 3 is 2.13 bits per heavy atom. The molecule has 0 spiro atoms.